The van der Waals surface area contributed by atoms with E-state index in [4.69, 9.17) is 19.7 Å². The molecule has 10 heteroatoms. The van der Waals surface area contributed by atoms with E-state index in [9.17, 15) is 30.0 Å². The predicted molar refractivity (Wildman–Crippen MR) is 79.7 cm³/mol. The Morgan fingerprint density at radius 3 is 2.32 bits per heavy atom. The highest BCUT2D eigenvalue weighted by molar-refractivity contribution is 5.85. The van der Waals surface area contributed by atoms with Crippen molar-refractivity contribution in [3.8, 4) is 11.5 Å². The number of carbonyl (C=O) groups is 2. The second-order valence-corrected chi connectivity index (χ2v) is 5.25. The van der Waals surface area contributed by atoms with Crippen molar-refractivity contribution in [2.24, 2.45) is 0 Å². The van der Waals surface area contributed by atoms with Gasteiger partial charge in [0.25, 0.3) is 0 Å². The zero-order valence-electron chi connectivity index (χ0n) is 12.6. The van der Waals surface area contributed by atoms with Crippen LogP contribution in [0.3, 0.4) is 0 Å². The van der Waals surface area contributed by atoms with Crippen LogP contribution in [-0.4, -0.2) is 73.3 Å². The number of hydrogen-bond donors (Lipinski definition) is 6. The Bertz CT molecular complexity index is 685. The van der Waals surface area contributed by atoms with Gasteiger partial charge in [0.2, 0.25) is 6.29 Å². The largest absolute Gasteiger partial charge is 0.504 e. The van der Waals surface area contributed by atoms with Gasteiger partial charge in [-0.3, -0.25) is 0 Å². The van der Waals surface area contributed by atoms with Crippen LogP contribution in [0.1, 0.15) is 5.56 Å². The molecule has 1 aliphatic rings. The van der Waals surface area contributed by atoms with E-state index in [1.807, 2.05) is 0 Å². The Morgan fingerprint density at radius 2 is 1.76 bits per heavy atom. The van der Waals surface area contributed by atoms with Crippen LogP contribution in [0.15, 0.2) is 24.3 Å². The third-order valence-electron chi connectivity index (χ3n) is 3.46. The molecule has 136 valence electrons. The molecule has 25 heavy (non-hydrogen) atoms. The van der Waals surface area contributed by atoms with E-state index < -0.39 is 48.4 Å². The summed E-state index contributed by atoms with van der Waals surface area (Å²) in [6.07, 6.45) is -6.87. The van der Waals surface area contributed by atoms with Gasteiger partial charge in [-0.1, -0.05) is 6.07 Å². The molecular weight excluding hydrogens is 340 g/mol. The Balaban J connectivity index is 2.17. The number of hydrogen-bond acceptors (Lipinski definition) is 8. The van der Waals surface area contributed by atoms with E-state index in [0.29, 0.717) is 5.56 Å². The highest BCUT2D eigenvalue weighted by Crippen LogP contribution is 2.31. The second kappa shape index (κ2) is 7.49. The van der Waals surface area contributed by atoms with Gasteiger partial charge in [-0.2, -0.15) is 0 Å². The van der Waals surface area contributed by atoms with E-state index in [1.165, 1.54) is 24.3 Å². The van der Waals surface area contributed by atoms with Gasteiger partial charge < -0.3 is 40.1 Å². The van der Waals surface area contributed by atoms with Crippen molar-refractivity contribution >= 4 is 18.0 Å². The third-order valence-corrected chi connectivity index (χ3v) is 3.46. The number of aliphatic hydroxyl groups excluding tert-OH is 3. The number of rotatable bonds is 5. The van der Waals surface area contributed by atoms with E-state index in [0.717, 1.165) is 6.08 Å². The van der Waals surface area contributed by atoms with Gasteiger partial charge in [0.1, 0.15) is 18.3 Å². The fourth-order valence-corrected chi connectivity index (χ4v) is 2.18. The van der Waals surface area contributed by atoms with Crippen LogP contribution in [0.2, 0.25) is 0 Å². The van der Waals surface area contributed by atoms with Crippen LogP contribution >= 0.6 is 0 Å². The van der Waals surface area contributed by atoms with E-state index >= 15 is 0 Å². The summed E-state index contributed by atoms with van der Waals surface area (Å²) in [4.78, 5) is 21.5. The fraction of sp³-hybridized carbons (Fsp3) is 0.333. The summed E-state index contributed by atoms with van der Waals surface area (Å²) in [6.45, 7) is 0. The minimum Gasteiger partial charge on any atom is -0.504 e. The van der Waals surface area contributed by atoms with Gasteiger partial charge in [0.05, 0.1) is 0 Å². The molecule has 1 heterocycles. The first-order valence-electron chi connectivity index (χ1n) is 7.04. The first-order valence-corrected chi connectivity index (χ1v) is 7.04. The number of aliphatic hydroxyl groups is 3. The minimum absolute atomic E-state index is 0.204. The molecule has 6 N–H and O–H groups in total. The minimum atomic E-state index is -1.86. The molecule has 0 bridgehead atoms. The van der Waals surface area contributed by atoms with Gasteiger partial charge in [-0.15, -0.1) is 0 Å². The van der Waals surface area contributed by atoms with Gasteiger partial charge in [-0.25, -0.2) is 9.59 Å². The number of carboxylic acids is 2. The van der Waals surface area contributed by atoms with Crippen LogP contribution in [-0.2, 0) is 14.3 Å². The first-order chi connectivity index (χ1) is 11.7. The monoisotopic (exact) mass is 356 g/mol. The molecule has 10 nitrogen and oxygen atoms in total. The molecule has 0 amide bonds. The van der Waals surface area contributed by atoms with Gasteiger partial charge in [0, 0.05) is 6.08 Å². The molecule has 2 unspecified atom stereocenters. The normalized spacial score (nSPS) is 29.5. The highest BCUT2D eigenvalue weighted by atomic mass is 16.7. The maximum absolute atomic E-state index is 11.0. The molecular formula is C15H16O10. The third kappa shape index (κ3) is 4.25. The van der Waals surface area contributed by atoms with Crippen LogP contribution in [0.5, 0.6) is 11.5 Å². The number of phenolic OH excluding ortho intramolecular Hbond substituents is 1. The molecule has 0 spiro atoms. The van der Waals surface area contributed by atoms with Crippen molar-refractivity contribution in [1.82, 2.24) is 0 Å². The summed E-state index contributed by atoms with van der Waals surface area (Å²) in [5, 5.41) is 56.5. The van der Waals surface area contributed by atoms with E-state index in [2.05, 4.69) is 0 Å². The Morgan fingerprint density at radius 1 is 1.08 bits per heavy atom. The van der Waals surface area contributed by atoms with Crippen LogP contribution in [0.4, 0.5) is 0 Å². The summed E-state index contributed by atoms with van der Waals surface area (Å²) < 4.78 is 10.1. The lowest BCUT2D eigenvalue weighted by atomic mass is 9.99. The standard InChI is InChI=1S/C15H16O10/c16-7-5-6(2-4-9(17)18)1-3-8(7)24-15-12(21)10(19)11(20)13(25-15)14(22)23/h1-5,10-13,15-16,19-21H,(H,17,18)(H,22,23)/b4-2+/t10-,11-,12?,13?,15+/m0/s1. The highest BCUT2D eigenvalue weighted by Gasteiger charge is 2.48. The topological polar surface area (TPSA) is 174 Å². The molecule has 5 atom stereocenters. The molecule has 1 fully saturated rings. The first kappa shape index (κ1) is 18.7. The number of phenols is 1. The average molecular weight is 356 g/mol. The predicted octanol–water partition coefficient (Wildman–Crippen LogP) is -1.24. The van der Waals surface area contributed by atoms with Crippen molar-refractivity contribution in [2.75, 3.05) is 0 Å². The lowest BCUT2D eigenvalue weighted by Crippen LogP contribution is -2.61. The summed E-state index contributed by atoms with van der Waals surface area (Å²) in [7, 11) is 0. The Labute approximate surface area is 140 Å². The zero-order chi connectivity index (χ0) is 18.7. The van der Waals surface area contributed by atoms with Crippen LogP contribution in [0, 0.1) is 0 Å². The number of ether oxygens (including phenoxy) is 2. The molecule has 1 saturated heterocycles. The average Bonchev–Trinajstić information content (AvgIpc) is 2.54. The number of aliphatic carboxylic acids is 2. The summed E-state index contributed by atoms with van der Waals surface area (Å²) in [5.74, 6) is -3.38. The van der Waals surface area contributed by atoms with E-state index in [1.54, 1.807) is 0 Å². The summed E-state index contributed by atoms with van der Waals surface area (Å²) >= 11 is 0. The van der Waals surface area contributed by atoms with Crippen molar-refractivity contribution in [1.29, 1.82) is 0 Å². The van der Waals surface area contributed by atoms with Crippen molar-refractivity contribution in [3.63, 3.8) is 0 Å². The van der Waals surface area contributed by atoms with Gasteiger partial charge >= 0.3 is 11.9 Å². The van der Waals surface area contributed by atoms with Gasteiger partial charge in [-0.05, 0) is 23.8 Å². The lowest BCUT2D eigenvalue weighted by Gasteiger charge is -2.38. The maximum atomic E-state index is 11.0. The Hall–Kier alpha value is -2.66. The number of aromatic hydroxyl groups is 1. The fourth-order valence-electron chi connectivity index (χ4n) is 2.18. The summed E-state index contributed by atoms with van der Waals surface area (Å²) in [6, 6.07) is 3.80. The van der Waals surface area contributed by atoms with Crippen LogP contribution in [0.25, 0.3) is 6.08 Å². The van der Waals surface area contributed by atoms with Crippen molar-refractivity contribution in [2.45, 2.75) is 30.7 Å². The molecule has 1 aromatic carbocycles. The Kier molecular flexibility index (Phi) is 5.59. The summed E-state index contributed by atoms with van der Waals surface area (Å²) in [5.41, 5.74) is 0.344. The van der Waals surface area contributed by atoms with Crippen molar-refractivity contribution < 1.29 is 49.7 Å². The SMILES string of the molecule is O=C(O)/C=C/c1ccc(O[C@@H]2OC(C(=O)O)[C@@H](O)[C@H](O)C2O)c(O)c1. The molecule has 0 aliphatic carbocycles. The molecule has 0 saturated carbocycles. The van der Waals surface area contributed by atoms with Crippen LogP contribution < -0.4 is 4.74 Å². The maximum Gasteiger partial charge on any atom is 0.335 e. The molecule has 0 radical (unpaired) electrons. The molecule has 2 rings (SSSR count). The second-order valence-electron chi connectivity index (χ2n) is 5.25. The number of carboxylic acid groups (broad SMARTS) is 2. The van der Waals surface area contributed by atoms with E-state index in [-0.39, 0.29) is 5.75 Å². The quantitative estimate of drug-likeness (QED) is 0.350. The lowest BCUT2D eigenvalue weighted by molar-refractivity contribution is -0.271. The molecule has 0 aromatic heterocycles. The number of benzene rings is 1. The smallest absolute Gasteiger partial charge is 0.335 e. The van der Waals surface area contributed by atoms with Crippen molar-refractivity contribution in [3.05, 3.63) is 29.8 Å². The molecule has 1 aliphatic heterocycles. The zero-order valence-corrected chi connectivity index (χ0v) is 12.6. The molecule has 1 aromatic rings. The van der Waals surface area contributed by atoms with Gasteiger partial charge in [0.15, 0.2) is 17.6 Å².